The van der Waals surface area contributed by atoms with E-state index >= 15 is 0 Å². The molecule has 1 aromatic rings. The molecule has 6 heteroatoms. The number of ether oxygens (including phenoxy) is 1. The van der Waals surface area contributed by atoms with Gasteiger partial charge in [-0.2, -0.15) is 0 Å². The van der Waals surface area contributed by atoms with Crippen LogP contribution < -0.4 is 5.32 Å². The summed E-state index contributed by atoms with van der Waals surface area (Å²) in [6.45, 7) is 5.93. The second kappa shape index (κ2) is 5.28. The van der Waals surface area contributed by atoms with Crippen LogP contribution in [0, 0.1) is 6.92 Å². The summed E-state index contributed by atoms with van der Waals surface area (Å²) in [6, 6.07) is 1.67. The van der Waals surface area contributed by atoms with Gasteiger partial charge in [-0.25, -0.2) is 4.79 Å². The molecule has 1 aliphatic rings. The van der Waals surface area contributed by atoms with Crippen molar-refractivity contribution in [3.8, 4) is 0 Å². The topological polar surface area (TPSA) is 88.8 Å². The van der Waals surface area contributed by atoms with E-state index in [0.29, 0.717) is 23.7 Å². The molecule has 1 atom stereocenters. The van der Waals surface area contributed by atoms with Crippen molar-refractivity contribution in [1.29, 1.82) is 0 Å². The minimum Gasteiger partial charge on any atom is -0.479 e. The largest absolute Gasteiger partial charge is 0.479 e. The summed E-state index contributed by atoms with van der Waals surface area (Å²) in [5.74, 6) is -0.150. The van der Waals surface area contributed by atoms with Crippen LogP contribution in [-0.4, -0.2) is 35.7 Å². The Bertz CT molecular complexity index is 526. The molecule has 0 spiro atoms. The first kappa shape index (κ1) is 14.6. The molecular weight excluding hydrogens is 262 g/mol. The zero-order chi connectivity index (χ0) is 14.9. The van der Waals surface area contributed by atoms with Gasteiger partial charge < -0.3 is 19.6 Å². The van der Waals surface area contributed by atoms with E-state index in [1.165, 1.54) is 0 Å². The maximum absolute atomic E-state index is 12.3. The molecular formula is C14H19NO5. The molecule has 1 amide bonds. The number of aryl methyl sites for hydroxylation is 1. The van der Waals surface area contributed by atoms with E-state index in [4.69, 9.17) is 9.15 Å². The first-order valence-corrected chi connectivity index (χ1v) is 6.60. The molecule has 20 heavy (non-hydrogen) atoms. The Morgan fingerprint density at radius 3 is 2.60 bits per heavy atom. The van der Waals surface area contributed by atoms with Crippen molar-refractivity contribution in [1.82, 2.24) is 5.32 Å². The Labute approximate surface area is 117 Å². The van der Waals surface area contributed by atoms with Gasteiger partial charge >= 0.3 is 5.97 Å². The van der Waals surface area contributed by atoms with Gasteiger partial charge in [-0.3, -0.25) is 4.79 Å². The molecule has 1 saturated heterocycles. The summed E-state index contributed by atoms with van der Waals surface area (Å²) >= 11 is 0. The number of nitrogens with one attached hydrogen (secondary N) is 1. The van der Waals surface area contributed by atoms with Crippen molar-refractivity contribution in [3.05, 3.63) is 23.2 Å². The van der Waals surface area contributed by atoms with Gasteiger partial charge in [-0.1, -0.05) is 13.8 Å². The summed E-state index contributed by atoms with van der Waals surface area (Å²) < 4.78 is 10.6. The van der Waals surface area contributed by atoms with Crippen molar-refractivity contribution >= 4 is 11.9 Å². The fourth-order valence-electron chi connectivity index (χ4n) is 2.19. The van der Waals surface area contributed by atoms with Crippen molar-refractivity contribution < 1.29 is 23.8 Å². The van der Waals surface area contributed by atoms with E-state index in [1.807, 2.05) is 13.8 Å². The van der Waals surface area contributed by atoms with Crippen LogP contribution in [0.2, 0.25) is 0 Å². The predicted octanol–water partition coefficient (Wildman–Crippen LogP) is 1.68. The van der Waals surface area contributed by atoms with Gasteiger partial charge in [0.2, 0.25) is 0 Å². The third-order valence-electron chi connectivity index (χ3n) is 3.53. The highest BCUT2D eigenvalue weighted by atomic mass is 16.5. The quantitative estimate of drug-likeness (QED) is 0.876. The molecule has 1 aliphatic heterocycles. The maximum Gasteiger partial charge on any atom is 0.331 e. The van der Waals surface area contributed by atoms with Crippen molar-refractivity contribution in [2.24, 2.45) is 0 Å². The Morgan fingerprint density at radius 1 is 1.45 bits per heavy atom. The van der Waals surface area contributed by atoms with Gasteiger partial charge in [0.15, 0.2) is 5.54 Å². The summed E-state index contributed by atoms with van der Waals surface area (Å²) in [6.07, 6.45) is 0.266. The maximum atomic E-state index is 12.3. The molecule has 0 bridgehead atoms. The van der Waals surface area contributed by atoms with Crippen LogP contribution in [-0.2, 0) is 9.53 Å². The Kier molecular flexibility index (Phi) is 3.85. The van der Waals surface area contributed by atoms with Crippen molar-refractivity contribution in [2.45, 2.75) is 38.6 Å². The van der Waals surface area contributed by atoms with Crippen LogP contribution in [0.1, 0.15) is 48.1 Å². The second-order valence-electron chi connectivity index (χ2n) is 5.42. The lowest BCUT2D eigenvalue weighted by atomic mass is 9.98. The first-order valence-electron chi connectivity index (χ1n) is 6.60. The van der Waals surface area contributed by atoms with Crippen LogP contribution in [0.3, 0.4) is 0 Å². The highest BCUT2D eigenvalue weighted by Gasteiger charge is 2.44. The minimum absolute atomic E-state index is 0.0119. The van der Waals surface area contributed by atoms with Crippen LogP contribution in [0.15, 0.2) is 10.5 Å². The molecule has 1 unspecified atom stereocenters. The third kappa shape index (κ3) is 2.56. The highest BCUT2D eigenvalue weighted by molar-refractivity contribution is 5.98. The molecule has 6 nitrogen and oxygen atoms in total. The summed E-state index contributed by atoms with van der Waals surface area (Å²) in [7, 11) is 0. The number of rotatable bonds is 4. The monoisotopic (exact) mass is 281 g/mol. The van der Waals surface area contributed by atoms with Crippen LogP contribution in [0.5, 0.6) is 0 Å². The molecule has 1 fully saturated rings. The zero-order valence-electron chi connectivity index (χ0n) is 11.9. The smallest absolute Gasteiger partial charge is 0.331 e. The van der Waals surface area contributed by atoms with E-state index in [1.54, 1.807) is 13.0 Å². The van der Waals surface area contributed by atoms with Gasteiger partial charge in [-0.15, -0.1) is 0 Å². The van der Waals surface area contributed by atoms with E-state index in [0.717, 1.165) is 0 Å². The van der Waals surface area contributed by atoms with Crippen molar-refractivity contribution in [3.63, 3.8) is 0 Å². The van der Waals surface area contributed by atoms with Gasteiger partial charge in [0.25, 0.3) is 5.91 Å². The molecule has 2 heterocycles. The molecule has 0 saturated carbocycles. The van der Waals surface area contributed by atoms with Crippen LogP contribution in [0.25, 0.3) is 0 Å². The fraction of sp³-hybridized carbons (Fsp3) is 0.571. The number of hydrogen-bond donors (Lipinski definition) is 2. The Balaban J connectivity index is 2.21. The number of carbonyl (C=O) groups is 2. The number of carboxylic acids is 1. The third-order valence-corrected chi connectivity index (χ3v) is 3.53. The van der Waals surface area contributed by atoms with E-state index in [9.17, 15) is 14.7 Å². The minimum atomic E-state index is -1.33. The number of amides is 1. The van der Waals surface area contributed by atoms with Gasteiger partial charge in [-0.05, 0) is 13.0 Å². The van der Waals surface area contributed by atoms with Gasteiger partial charge in [0.05, 0.1) is 12.2 Å². The van der Waals surface area contributed by atoms with Gasteiger partial charge in [0, 0.05) is 18.9 Å². The predicted molar refractivity (Wildman–Crippen MR) is 70.8 cm³/mol. The summed E-state index contributed by atoms with van der Waals surface area (Å²) in [5, 5.41) is 11.9. The molecule has 1 aromatic heterocycles. The first-order chi connectivity index (χ1) is 9.35. The lowest BCUT2D eigenvalue weighted by Gasteiger charge is -2.23. The van der Waals surface area contributed by atoms with Crippen molar-refractivity contribution in [2.75, 3.05) is 13.2 Å². The molecule has 0 aliphatic carbocycles. The second-order valence-corrected chi connectivity index (χ2v) is 5.42. The normalized spacial score (nSPS) is 22.2. The molecule has 2 rings (SSSR count). The standard InChI is InChI=1S/C14H19NO5/c1-8(2)11-6-10(9(3)20-11)12(16)15-14(13(17)18)4-5-19-7-14/h6,8H,4-5,7H2,1-3H3,(H,15,16)(H,17,18). The van der Waals surface area contributed by atoms with Gasteiger partial charge in [0.1, 0.15) is 11.5 Å². The lowest BCUT2D eigenvalue weighted by Crippen LogP contribution is -2.55. The average Bonchev–Trinajstić information content (AvgIpc) is 2.96. The van der Waals surface area contributed by atoms with Crippen LogP contribution >= 0.6 is 0 Å². The lowest BCUT2D eigenvalue weighted by molar-refractivity contribution is -0.144. The summed E-state index contributed by atoms with van der Waals surface area (Å²) in [4.78, 5) is 23.6. The SMILES string of the molecule is Cc1oc(C(C)C)cc1C(=O)NC1(C(=O)O)CCOC1. The number of carbonyl (C=O) groups excluding carboxylic acids is 1. The van der Waals surface area contributed by atoms with E-state index < -0.39 is 17.4 Å². The number of hydrogen-bond acceptors (Lipinski definition) is 4. The molecule has 0 aromatic carbocycles. The van der Waals surface area contributed by atoms with Crippen LogP contribution in [0.4, 0.5) is 0 Å². The highest BCUT2D eigenvalue weighted by Crippen LogP contribution is 2.24. The van der Waals surface area contributed by atoms with E-state index in [2.05, 4.69) is 5.32 Å². The number of carboxylic acid groups (broad SMARTS) is 1. The fourth-order valence-corrected chi connectivity index (χ4v) is 2.19. The number of aliphatic carboxylic acids is 1. The average molecular weight is 281 g/mol. The van der Waals surface area contributed by atoms with E-state index in [-0.39, 0.29) is 18.9 Å². The summed E-state index contributed by atoms with van der Waals surface area (Å²) in [5.41, 5.74) is -0.958. The molecule has 0 radical (unpaired) electrons. The zero-order valence-corrected chi connectivity index (χ0v) is 11.9. The molecule has 110 valence electrons. The Morgan fingerprint density at radius 2 is 2.15 bits per heavy atom. The molecule has 2 N–H and O–H groups in total. The Hall–Kier alpha value is -1.82. The number of furan rings is 1.